The molecule has 1 aromatic carbocycles. The third-order valence-electron chi connectivity index (χ3n) is 5.66. The number of sulfonamides is 1. The average Bonchev–Trinajstić information content (AvgIpc) is 3.57. The van der Waals surface area contributed by atoms with E-state index in [0.717, 1.165) is 17.1 Å². The summed E-state index contributed by atoms with van der Waals surface area (Å²) in [5.41, 5.74) is 0.412. The topological polar surface area (TPSA) is 110 Å². The van der Waals surface area contributed by atoms with Crippen molar-refractivity contribution in [1.82, 2.24) is 9.62 Å². The molecule has 2 atom stereocenters. The largest absolute Gasteiger partial charge is 0.454 e. The van der Waals surface area contributed by atoms with E-state index in [9.17, 15) is 22.8 Å². The summed E-state index contributed by atoms with van der Waals surface area (Å²) >= 11 is 0. The highest BCUT2D eigenvalue weighted by Crippen LogP contribution is 2.32. The number of nitrogens with one attached hydrogen (secondary N) is 1. The number of ether oxygens (including phenoxy) is 1. The van der Waals surface area contributed by atoms with E-state index in [-0.39, 0.29) is 29.2 Å². The van der Waals surface area contributed by atoms with E-state index >= 15 is 0 Å². The van der Waals surface area contributed by atoms with Gasteiger partial charge in [-0.25, -0.2) is 8.42 Å². The average molecular weight is 437 g/mol. The Balaban J connectivity index is 1.66. The molecule has 1 heterocycles. The summed E-state index contributed by atoms with van der Waals surface area (Å²) < 4.78 is 32.5. The maximum absolute atomic E-state index is 13.1. The number of nitrogens with zero attached hydrogens (tertiary/aromatic N) is 1. The maximum Gasteiger partial charge on any atom is 0.324 e. The molecule has 30 heavy (non-hydrogen) atoms. The Hall–Kier alpha value is -2.26. The Morgan fingerprint density at radius 2 is 1.80 bits per heavy atom. The zero-order valence-electron chi connectivity index (χ0n) is 17.3. The number of carbonyl (C=O) groups excluding carboxylic acids is 3. The van der Waals surface area contributed by atoms with Gasteiger partial charge in [0.25, 0.3) is 5.91 Å². The molecule has 1 amide bonds. The minimum Gasteiger partial charge on any atom is -0.454 e. The Bertz CT molecular complexity index is 908. The van der Waals surface area contributed by atoms with Crippen molar-refractivity contribution in [3.8, 4) is 0 Å². The predicted molar refractivity (Wildman–Crippen MR) is 109 cm³/mol. The van der Waals surface area contributed by atoms with Crippen LogP contribution in [0.5, 0.6) is 0 Å². The van der Waals surface area contributed by atoms with Crippen LogP contribution in [0.15, 0.2) is 29.2 Å². The van der Waals surface area contributed by atoms with Crippen molar-refractivity contribution in [2.24, 2.45) is 5.92 Å². The van der Waals surface area contributed by atoms with E-state index < -0.39 is 28.6 Å². The Morgan fingerprint density at radius 1 is 1.13 bits per heavy atom. The van der Waals surface area contributed by atoms with Crippen molar-refractivity contribution in [2.45, 2.75) is 62.9 Å². The van der Waals surface area contributed by atoms with Gasteiger partial charge in [-0.1, -0.05) is 12.1 Å². The van der Waals surface area contributed by atoms with Crippen LogP contribution in [0, 0.1) is 5.92 Å². The van der Waals surface area contributed by atoms with Crippen LogP contribution < -0.4 is 5.32 Å². The molecule has 0 spiro atoms. The molecule has 1 aliphatic heterocycles. The lowest BCUT2D eigenvalue weighted by atomic mass is 10.1. The van der Waals surface area contributed by atoms with Gasteiger partial charge in [-0.3, -0.25) is 14.4 Å². The Morgan fingerprint density at radius 3 is 2.40 bits per heavy atom. The van der Waals surface area contributed by atoms with Crippen molar-refractivity contribution in [2.75, 3.05) is 13.2 Å². The molecule has 2 aliphatic rings. The minimum absolute atomic E-state index is 0.0169. The molecular formula is C21H28N2O6S. The van der Waals surface area contributed by atoms with E-state index in [4.69, 9.17) is 4.74 Å². The second-order valence-electron chi connectivity index (χ2n) is 8.01. The molecule has 2 fully saturated rings. The summed E-state index contributed by atoms with van der Waals surface area (Å²) in [4.78, 5) is 36.1. The number of amides is 1. The van der Waals surface area contributed by atoms with Crippen LogP contribution in [0.3, 0.4) is 0 Å². The Labute approximate surface area is 177 Å². The molecule has 1 aliphatic carbocycles. The first kappa shape index (κ1) is 22.4. The number of carbonyl (C=O) groups is 3. The van der Waals surface area contributed by atoms with E-state index in [0.29, 0.717) is 30.7 Å². The molecule has 164 valence electrons. The van der Waals surface area contributed by atoms with Gasteiger partial charge in [0.2, 0.25) is 10.0 Å². The van der Waals surface area contributed by atoms with Crippen LogP contribution in [-0.2, 0) is 24.3 Å². The van der Waals surface area contributed by atoms with E-state index in [1.54, 1.807) is 0 Å². The SMILES string of the molecule is CC(=O)c1ccc(S(=O)(=O)N2CCCCC2C(=O)OCC(=O)NC(C)C2CC2)cc1. The molecule has 9 heteroatoms. The molecule has 3 rings (SSSR count). The zero-order valence-corrected chi connectivity index (χ0v) is 18.1. The molecule has 0 aromatic heterocycles. The highest BCUT2D eigenvalue weighted by molar-refractivity contribution is 7.89. The quantitative estimate of drug-likeness (QED) is 0.492. The summed E-state index contributed by atoms with van der Waals surface area (Å²) in [5, 5.41) is 2.81. The first-order valence-corrected chi connectivity index (χ1v) is 11.7. The molecule has 0 radical (unpaired) electrons. The highest BCUT2D eigenvalue weighted by Gasteiger charge is 2.39. The fourth-order valence-corrected chi connectivity index (χ4v) is 5.31. The molecular weight excluding hydrogens is 408 g/mol. The number of hydrogen-bond donors (Lipinski definition) is 1. The van der Waals surface area contributed by atoms with Gasteiger partial charge in [0.05, 0.1) is 4.90 Å². The number of esters is 1. The maximum atomic E-state index is 13.1. The van der Waals surface area contributed by atoms with E-state index in [2.05, 4.69) is 5.32 Å². The minimum atomic E-state index is -3.94. The standard InChI is InChI=1S/C21H28N2O6S/c1-14(16-6-7-16)22-20(25)13-29-21(26)19-5-3-4-12-23(19)30(27,28)18-10-8-17(9-11-18)15(2)24/h8-11,14,16,19H,3-7,12-13H2,1-2H3,(H,22,25). The first-order valence-electron chi connectivity index (χ1n) is 10.3. The van der Waals surface area contributed by atoms with Gasteiger partial charge in [-0.05, 0) is 64.0 Å². The molecule has 2 unspecified atom stereocenters. The lowest BCUT2D eigenvalue weighted by Gasteiger charge is -2.33. The number of Topliss-reactive ketones (excluding diaryl/α,β-unsaturated/α-hetero) is 1. The van der Waals surface area contributed by atoms with Gasteiger partial charge in [-0.15, -0.1) is 0 Å². The lowest BCUT2D eigenvalue weighted by Crippen LogP contribution is -2.49. The summed E-state index contributed by atoms with van der Waals surface area (Å²) in [7, 11) is -3.94. The fraction of sp³-hybridized carbons (Fsp3) is 0.571. The first-order chi connectivity index (χ1) is 14.2. The van der Waals surface area contributed by atoms with Gasteiger partial charge in [0.15, 0.2) is 12.4 Å². The third kappa shape index (κ3) is 5.26. The molecule has 1 aromatic rings. The molecule has 0 bridgehead atoms. The van der Waals surface area contributed by atoms with Gasteiger partial charge < -0.3 is 10.1 Å². The van der Waals surface area contributed by atoms with Crippen LogP contribution in [0.2, 0.25) is 0 Å². The molecule has 1 saturated carbocycles. The van der Waals surface area contributed by atoms with Gasteiger partial charge in [-0.2, -0.15) is 4.31 Å². The van der Waals surface area contributed by atoms with Crippen LogP contribution >= 0.6 is 0 Å². The van der Waals surface area contributed by atoms with Gasteiger partial charge >= 0.3 is 5.97 Å². The third-order valence-corrected chi connectivity index (χ3v) is 7.58. The second kappa shape index (κ2) is 9.26. The summed E-state index contributed by atoms with van der Waals surface area (Å²) in [6.07, 6.45) is 3.84. The van der Waals surface area contributed by atoms with Crippen LogP contribution in [-0.4, -0.2) is 55.6 Å². The zero-order chi connectivity index (χ0) is 21.9. The smallest absolute Gasteiger partial charge is 0.324 e. The van der Waals surface area contributed by atoms with Crippen molar-refractivity contribution < 1.29 is 27.5 Å². The Kier molecular flexibility index (Phi) is 6.92. The summed E-state index contributed by atoms with van der Waals surface area (Å²) in [5.74, 6) is -0.772. The number of ketones is 1. The fourth-order valence-electron chi connectivity index (χ4n) is 3.67. The van der Waals surface area contributed by atoms with Crippen molar-refractivity contribution >= 4 is 27.7 Å². The number of hydrogen-bond acceptors (Lipinski definition) is 6. The van der Waals surface area contributed by atoms with Gasteiger partial charge in [0, 0.05) is 18.2 Å². The molecule has 1 saturated heterocycles. The molecule has 1 N–H and O–H groups in total. The van der Waals surface area contributed by atoms with Crippen LogP contribution in [0.4, 0.5) is 0 Å². The monoisotopic (exact) mass is 436 g/mol. The number of piperidine rings is 1. The normalized spacial score (nSPS) is 20.9. The summed E-state index contributed by atoms with van der Waals surface area (Å²) in [6, 6.07) is 4.73. The van der Waals surface area contributed by atoms with Crippen LogP contribution in [0.25, 0.3) is 0 Å². The van der Waals surface area contributed by atoms with Crippen molar-refractivity contribution in [3.05, 3.63) is 29.8 Å². The molecule has 8 nitrogen and oxygen atoms in total. The number of rotatable bonds is 8. The highest BCUT2D eigenvalue weighted by atomic mass is 32.2. The second-order valence-corrected chi connectivity index (χ2v) is 9.90. The summed E-state index contributed by atoms with van der Waals surface area (Å²) in [6.45, 7) is 3.10. The van der Waals surface area contributed by atoms with Gasteiger partial charge in [0.1, 0.15) is 6.04 Å². The van der Waals surface area contributed by atoms with Crippen LogP contribution in [0.1, 0.15) is 56.3 Å². The van der Waals surface area contributed by atoms with E-state index in [1.807, 2.05) is 6.92 Å². The predicted octanol–water partition coefficient (Wildman–Crippen LogP) is 1.89. The number of benzene rings is 1. The van der Waals surface area contributed by atoms with Crippen molar-refractivity contribution in [3.63, 3.8) is 0 Å². The van der Waals surface area contributed by atoms with Crippen molar-refractivity contribution in [1.29, 1.82) is 0 Å². The van der Waals surface area contributed by atoms with E-state index in [1.165, 1.54) is 31.2 Å². The lowest BCUT2D eigenvalue weighted by molar-refractivity contribution is -0.153.